The van der Waals surface area contributed by atoms with Gasteiger partial charge in [0.25, 0.3) is 0 Å². The topological polar surface area (TPSA) is 0 Å². The Morgan fingerprint density at radius 2 is 2.00 bits per heavy atom. The fourth-order valence-corrected chi connectivity index (χ4v) is 1.12. The highest BCUT2D eigenvalue weighted by Crippen LogP contribution is 2.24. The van der Waals surface area contributed by atoms with Gasteiger partial charge in [-0.15, -0.1) is 6.58 Å². The molecule has 0 radical (unpaired) electrons. The minimum Gasteiger partial charge on any atom is -0.244 e. The highest BCUT2D eigenvalue weighted by atomic mass is 19.1. The third-order valence-corrected chi connectivity index (χ3v) is 1.84. The van der Waals surface area contributed by atoms with Crippen molar-refractivity contribution in [1.82, 2.24) is 0 Å². The quantitative estimate of drug-likeness (QED) is 0.533. The first kappa shape index (κ1) is 10.7. The van der Waals surface area contributed by atoms with Crippen LogP contribution in [0.1, 0.15) is 46.5 Å². The van der Waals surface area contributed by atoms with E-state index in [1.165, 1.54) is 0 Å². The van der Waals surface area contributed by atoms with Crippen LogP contribution >= 0.6 is 0 Å². The molecule has 1 unspecified atom stereocenters. The van der Waals surface area contributed by atoms with Crippen LogP contribution in [0.3, 0.4) is 0 Å². The van der Waals surface area contributed by atoms with Gasteiger partial charge >= 0.3 is 0 Å². The summed E-state index contributed by atoms with van der Waals surface area (Å²) >= 11 is 0. The summed E-state index contributed by atoms with van der Waals surface area (Å²) in [5.41, 5.74) is 0.0956. The fourth-order valence-electron chi connectivity index (χ4n) is 1.12. The number of hydrogen-bond donors (Lipinski definition) is 0. The lowest BCUT2D eigenvalue weighted by molar-refractivity contribution is 0.160. The minimum atomic E-state index is -0.978. The molecule has 0 rings (SSSR count). The fraction of sp³-hybridized carbons (Fsp3) is 0.800. The molecule has 0 aliphatic heterocycles. The summed E-state index contributed by atoms with van der Waals surface area (Å²) < 4.78 is 13.4. The van der Waals surface area contributed by atoms with E-state index in [4.69, 9.17) is 0 Å². The van der Waals surface area contributed by atoms with Gasteiger partial charge in [-0.25, -0.2) is 4.39 Å². The Balaban J connectivity index is 3.63. The van der Waals surface area contributed by atoms with Crippen LogP contribution < -0.4 is 0 Å². The van der Waals surface area contributed by atoms with E-state index in [1.807, 2.05) is 13.8 Å². The molecule has 0 aromatic carbocycles. The van der Waals surface area contributed by atoms with Crippen molar-refractivity contribution in [3.8, 4) is 0 Å². The van der Waals surface area contributed by atoms with E-state index in [9.17, 15) is 4.39 Å². The summed E-state index contributed by atoms with van der Waals surface area (Å²) in [6, 6.07) is 0. The molecule has 0 heterocycles. The summed E-state index contributed by atoms with van der Waals surface area (Å²) in [6.07, 6.45) is 3.02. The molecule has 66 valence electrons. The van der Waals surface area contributed by atoms with E-state index in [1.54, 1.807) is 6.92 Å². The van der Waals surface area contributed by atoms with Gasteiger partial charge in [-0.3, -0.25) is 0 Å². The zero-order chi connectivity index (χ0) is 8.91. The molecule has 1 atom stereocenters. The van der Waals surface area contributed by atoms with Crippen LogP contribution in [0, 0.1) is 0 Å². The molecule has 0 saturated heterocycles. The van der Waals surface area contributed by atoms with Gasteiger partial charge < -0.3 is 0 Å². The average molecular weight is 158 g/mol. The first-order chi connectivity index (χ1) is 4.98. The molecular weight excluding hydrogens is 139 g/mol. The summed E-state index contributed by atoms with van der Waals surface area (Å²) in [5.74, 6) is 0. The molecule has 1 heteroatoms. The minimum absolute atomic E-state index is 0.621. The maximum atomic E-state index is 13.4. The first-order valence-electron chi connectivity index (χ1n) is 4.31. The van der Waals surface area contributed by atoms with E-state index >= 15 is 0 Å². The normalized spacial score (nSPS) is 16.0. The highest BCUT2D eigenvalue weighted by Gasteiger charge is 2.20. The van der Waals surface area contributed by atoms with Crippen LogP contribution in [-0.2, 0) is 0 Å². The molecule has 0 amide bonds. The molecule has 0 bridgehead atoms. The zero-order valence-electron chi connectivity index (χ0n) is 7.91. The maximum Gasteiger partial charge on any atom is 0.108 e. The van der Waals surface area contributed by atoms with E-state index in [2.05, 4.69) is 6.58 Å². The molecule has 0 aromatic heterocycles. The number of halogens is 1. The van der Waals surface area contributed by atoms with Crippen molar-refractivity contribution in [1.29, 1.82) is 0 Å². The third kappa shape index (κ3) is 6.08. The standard InChI is InChI=1S/C10H19F/c1-5-7-10(4,11)8-6-9(2)3/h2,5-8H2,1,3-4H3. The van der Waals surface area contributed by atoms with Crippen LogP contribution in [0.15, 0.2) is 12.2 Å². The lowest BCUT2D eigenvalue weighted by Gasteiger charge is -2.18. The van der Waals surface area contributed by atoms with Crippen molar-refractivity contribution in [2.75, 3.05) is 0 Å². The predicted molar refractivity (Wildman–Crippen MR) is 48.5 cm³/mol. The highest BCUT2D eigenvalue weighted by molar-refractivity contribution is 4.90. The number of alkyl halides is 1. The molecule has 0 saturated carbocycles. The molecule has 0 aromatic rings. The van der Waals surface area contributed by atoms with Gasteiger partial charge in [0.2, 0.25) is 0 Å². The monoisotopic (exact) mass is 158 g/mol. The van der Waals surface area contributed by atoms with Crippen molar-refractivity contribution in [2.24, 2.45) is 0 Å². The number of rotatable bonds is 5. The largest absolute Gasteiger partial charge is 0.244 e. The van der Waals surface area contributed by atoms with Gasteiger partial charge in [-0.1, -0.05) is 18.9 Å². The Morgan fingerprint density at radius 1 is 1.45 bits per heavy atom. The van der Waals surface area contributed by atoms with Crippen LogP contribution in [-0.4, -0.2) is 5.67 Å². The van der Waals surface area contributed by atoms with Gasteiger partial charge in [0.1, 0.15) is 5.67 Å². The Morgan fingerprint density at radius 3 is 2.36 bits per heavy atom. The van der Waals surface area contributed by atoms with Gasteiger partial charge in [-0.2, -0.15) is 0 Å². The van der Waals surface area contributed by atoms with E-state index in [0.717, 1.165) is 18.4 Å². The van der Waals surface area contributed by atoms with Crippen molar-refractivity contribution >= 4 is 0 Å². The Bertz CT molecular complexity index is 125. The summed E-state index contributed by atoms with van der Waals surface area (Å²) in [6.45, 7) is 9.39. The van der Waals surface area contributed by atoms with E-state index < -0.39 is 5.67 Å². The van der Waals surface area contributed by atoms with Crippen molar-refractivity contribution < 1.29 is 4.39 Å². The first-order valence-corrected chi connectivity index (χ1v) is 4.31. The molecule has 0 fully saturated rings. The maximum absolute atomic E-state index is 13.4. The van der Waals surface area contributed by atoms with Gasteiger partial charge in [0, 0.05) is 0 Å². The van der Waals surface area contributed by atoms with Crippen LogP contribution in [0.5, 0.6) is 0 Å². The molecule has 0 nitrogen and oxygen atoms in total. The molecule has 0 aliphatic rings. The number of hydrogen-bond acceptors (Lipinski definition) is 0. The molecule has 0 spiro atoms. The van der Waals surface area contributed by atoms with Crippen molar-refractivity contribution in [3.05, 3.63) is 12.2 Å². The zero-order valence-corrected chi connectivity index (χ0v) is 7.91. The van der Waals surface area contributed by atoms with Crippen molar-refractivity contribution in [2.45, 2.75) is 52.1 Å². The average Bonchev–Trinajstić information content (AvgIpc) is 1.84. The summed E-state index contributed by atoms with van der Waals surface area (Å²) in [5, 5.41) is 0. The van der Waals surface area contributed by atoms with Crippen LogP contribution in [0.4, 0.5) is 4.39 Å². The van der Waals surface area contributed by atoms with E-state index in [0.29, 0.717) is 12.8 Å². The van der Waals surface area contributed by atoms with Crippen LogP contribution in [0.25, 0.3) is 0 Å². The van der Waals surface area contributed by atoms with Gasteiger partial charge in [0.05, 0.1) is 0 Å². The van der Waals surface area contributed by atoms with Crippen LogP contribution in [0.2, 0.25) is 0 Å². The Hall–Kier alpha value is -0.330. The Labute approximate surface area is 69.5 Å². The van der Waals surface area contributed by atoms with Gasteiger partial charge in [-0.05, 0) is 33.1 Å². The molecule has 11 heavy (non-hydrogen) atoms. The van der Waals surface area contributed by atoms with Gasteiger partial charge in [0.15, 0.2) is 0 Å². The second kappa shape index (κ2) is 4.53. The third-order valence-electron chi connectivity index (χ3n) is 1.84. The Kier molecular flexibility index (Phi) is 4.39. The van der Waals surface area contributed by atoms with Crippen molar-refractivity contribution in [3.63, 3.8) is 0 Å². The SMILES string of the molecule is C=C(C)CCC(C)(F)CCC. The number of allylic oxidation sites excluding steroid dienone is 1. The lowest BCUT2D eigenvalue weighted by atomic mass is 9.95. The predicted octanol–water partition coefficient (Wildman–Crippen LogP) is 3.87. The second-order valence-electron chi connectivity index (χ2n) is 3.62. The smallest absolute Gasteiger partial charge is 0.108 e. The molecule has 0 aliphatic carbocycles. The second-order valence-corrected chi connectivity index (χ2v) is 3.62. The molecular formula is C10H19F. The van der Waals surface area contributed by atoms with E-state index in [-0.39, 0.29) is 0 Å². The lowest BCUT2D eigenvalue weighted by Crippen LogP contribution is -2.16. The molecule has 0 N–H and O–H groups in total. The summed E-state index contributed by atoms with van der Waals surface area (Å²) in [7, 11) is 0. The summed E-state index contributed by atoms with van der Waals surface area (Å²) in [4.78, 5) is 0.